The first-order valence-corrected chi connectivity index (χ1v) is 6.98. The Hall–Kier alpha value is 0.0900. The van der Waals surface area contributed by atoms with Gasteiger partial charge in [-0.3, -0.25) is 0 Å². The molecule has 0 aromatic heterocycles. The summed E-state index contributed by atoms with van der Waals surface area (Å²) in [6.07, 6.45) is 0. The van der Waals surface area contributed by atoms with Gasteiger partial charge in [0, 0.05) is 15.5 Å². The number of hydrogen-bond donors (Lipinski definition) is 1. The molecule has 1 rings (SSSR count). The van der Waals surface area contributed by atoms with Crippen molar-refractivity contribution in [1.29, 1.82) is 0 Å². The van der Waals surface area contributed by atoms with E-state index < -0.39 is 10.0 Å². The number of sulfonamides is 1. The Bertz CT molecular complexity index is 411. The van der Waals surface area contributed by atoms with Crippen LogP contribution in [0.3, 0.4) is 0 Å². The summed E-state index contributed by atoms with van der Waals surface area (Å²) in [5.41, 5.74) is 0. The first kappa shape index (κ1) is 12.2. The van der Waals surface area contributed by atoms with Crippen LogP contribution in [-0.2, 0) is 10.0 Å². The van der Waals surface area contributed by atoms with Gasteiger partial charge in [-0.2, -0.15) is 0 Å². The average Bonchev–Trinajstić information content (AvgIpc) is 2.02. The third kappa shape index (κ3) is 3.05. The van der Waals surface area contributed by atoms with Crippen LogP contribution in [0.2, 0.25) is 0 Å². The van der Waals surface area contributed by atoms with Crippen LogP contribution < -0.4 is 4.72 Å². The number of hydrogen-bond acceptors (Lipinski definition) is 2. The molecule has 3 nitrogen and oxygen atoms in total. The van der Waals surface area contributed by atoms with E-state index in [0.29, 0.717) is 6.54 Å². The molecule has 1 N–H and O–H groups in total. The molecule has 0 heterocycles. The van der Waals surface area contributed by atoms with Gasteiger partial charge in [0.05, 0.1) is 4.90 Å². The minimum absolute atomic E-state index is 0.251. The van der Waals surface area contributed by atoms with Gasteiger partial charge in [-0.15, -0.1) is 0 Å². The molecule has 0 aliphatic rings. The van der Waals surface area contributed by atoms with Gasteiger partial charge in [0.1, 0.15) is 0 Å². The first-order chi connectivity index (χ1) is 6.45. The second-order valence-electron chi connectivity index (χ2n) is 2.61. The Kier molecular flexibility index (Phi) is 4.12. The highest BCUT2D eigenvalue weighted by Gasteiger charge is 2.13. The van der Waals surface area contributed by atoms with E-state index in [1.165, 1.54) is 0 Å². The van der Waals surface area contributed by atoms with Crippen LogP contribution in [0.5, 0.6) is 0 Å². The summed E-state index contributed by atoms with van der Waals surface area (Å²) in [6.45, 7) is 2.12. The van der Waals surface area contributed by atoms with E-state index in [1.54, 1.807) is 25.1 Å². The highest BCUT2D eigenvalue weighted by Crippen LogP contribution is 2.22. The molecule has 0 aliphatic heterocycles. The van der Waals surface area contributed by atoms with Gasteiger partial charge in [0.25, 0.3) is 0 Å². The third-order valence-electron chi connectivity index (χ3n) is 1.48. The maximum Gasteiger partial charge on any atom is 0.240 e. The topological polar surface area (TPSA) is 46.2 Å². The van der Waals surface area contributed by atoms with Crippen molar-refractivity contribution < 1.29 is 8.42 Å². The standard InChI is InChI=1S/C8H9Br2NO2S/c1-2-11-14(12,13)8-4-6(9)3-7(10)5-8/h3-5,11H,2H2,1H3. The molecule has 6 heteroatoms. The Labute approximate surface area is 100 Å². The van der Waals surface area contributed by atoms with Crippen molar-refractivity contribution in [2.45, 2.75) is 11.8 Å². The molecule has 0 unspecified atom stereocenters. The predicted molar refractivity (Wildman–Crippen MR) is 62.7 cm³/mol. The van der Waals surface area contributed by atoms with Crippen LogP contribution in [0.4, 0.5) is 0 Å². The molecule has 1 aromatic rings. The Morgan fingerprint density at radius 1 is 1.21 bits per heavy atom. The lowest BCUT2D eigenvalue weighted by molar-refractivity contribution is 0.584. The van der Waals surface area contributed by atoms with E-state index in [9.17, 15) is 8.42 Å². The monoisotopic (exact) mass is 341 g/mol. The highest BCUT2D eigenvalue weighted by atomic mass is 79.9. The van der Waals surface area contributed by atoms with E-state index in [2.05, 4.69) is 36.6 Å². The lowest BCUT2D eigenvalue weighted by Gasteiger charge is -2.05. The summed E-state index contributed by atoms with van der Waals surface area (Å²) in [5, 5.41) is 0. The molecule has 1 aromatic carbocycles. The van der Waals surface area contributed by atoms with Crippen molar-refractivity contribution in [2.24, 2.45) is 0 Å². The largest absolute Gasteiger partial charge is 0.240 e. The molecule has 0 bridgehead atoms. The average molecular weight is 343 g/mol. The fraction of sp³-hybridized carbons (Fsp3) is 0.250. The maximum absolute atomic E-state index is 11.6. The molecule has 0 aliphatic carbocycles. The molecule has 0 fully saturated rings. The molecule has 78 valence electrons. The predicted octanol–water partition coefficient (Wildman–Crippen LogP) is 2.51. The third-order valence-corrected chi connectivity index (χ3v) is 3.92. The van der Waals surface area contributed by atoms with Gasteiger partial charge in [-0.1, -0.05) is 38.8 Å². The van der Waals surface area contributed by atoms with Crippen molar-refractivity contribution in [3.05, 3.63) is 27.1 Å². The van der Waals surface area contributed by atoms with Gasteiger partial charge in [0.15, 0.2) is 0 Å². The van der Waals surface area contributed by atoms with Crippen LogP contribution in [0.15, 0.2) is 32.0 Å². The summed E-state index contributed by atoms with van der Waals surface area (Å²) in [5.74, 6) is 0. The lowest BCUT2D eigenvalue weighted by Crippen LogP contribution is -2.23. The summed E-state index contributed by atoms with van der Waals surface area (Å²) < 4.78 is 27.0. The molecule has 0 saturated heterocycles. The van der Waals surface area contributed by atoms with Crippen molar-refractivity contribution in [3.63, 3.8) is 0 Å². The van der Waals surface area contributed by atoms with Crippen molar-refractivity contribution in [1.82, 2.24) is 4.72 Å². The lowest BCUT2D eigenvalue weighted by atomic mass is 10.4. The first-order valence-electron chi connectivity index (χ1n) is 3.91. The van der Waals surface area contributed by atoms with E-state index >= 15 is 0 Å². The van der Waals surface area contributed by atoms with Gasteiger partial charge < -0.3 is 0 Å². The van der Waals surface area contributed by atoms with Crippen LogP contribution in [-0.4, -0.2) is 15.0 Å². The zero-order valence-electron chi connectivity index (χ0n) is 7.42. The summed E-state index contributed by atoms with van der Waals surface area (Å²) in [4.78, 5) is 0.251. The normalized spacial score (nSPS) is 11.6. The minimum Gasteiger partial charge on any atom is -0.211 e. The molecule has 0 radical (unpaired) electrons. The van der Waals surface area contributed by atoms with E-state index in [0.717, 1.165) is 8.95 Å². The van der Waals surface area contributed by atoms with Gasteiger partial charge >= 0.3 is 0 Å². The van der Waals surface area contributed by atoms with Crippen LogP contribution >= 0.6 is 31.9 Å². The molecule has 0 atom stereocenters. The maximum atomic E-state index is 11.6. The van der Waals surface area contributed by atoms with E-state index in [-0.39, 0.29) is 4.90 Å². The minimum atomic E-state index is -3.37. The van der Waals surface area contributed by atoms with Gasteiger partial charge in [0.2, 0.25) is 10.0 Å². The quantitative estimate of drug-likeness (QED) is 0.917. The van der Waals surface area contributed by atoms with Crippen LogP contribution in [0, 0.1) is 0 Å². The molecule has 0 amide bonds. The highest BCUT2D eigenvalue weighted by molar-refractivity contribution is 9.11. The summed E-state index contributed by atoms with van der Waals surface area (Å²) in [7, 11) is -3.37. The Morgan fingerprint density at radius 3 is 2.14 bits per heavy atom. The van der Waals surface area contributed by atoms with E-state index in [1.807, 2.05) is 0 Å². The summed E-state index contributed by atoms with van der Waals surface area (Å²) >= 11 is 6.47. The Morgan fingerprint density at radius 2 is 1.71 bits per heavy atom. The second-order valence-corrected chi connectivity index (χ2v) is 6.20. The number of rotatable bonds is 3. The fourth-order valence-corrected chi connectivity index (χ4v) is 3.66. The second kappa shape index (κ2) is 4.74. The van der Waals surface area contributed by atoms with Crippen molar-refractivity contribution in [2.75, 3.05) is 6.54 Å². The van der Waals surface area contributed by atoms with Crippen LogP contribution in [0.1, 0.15) is 6.92 Å². The van der Waals surface area contributed by atoms with Crippen molar-refractivity contribution in [3.8, 4) is 0 Å². The van der Waals surface area contributed by atoms with Crippen molar-refractivity contribution >= 4 is 41.9 Å². The smallest absolute Gasteiger partial charge is 0.211 e. The molecular formula is C8H9Br2NO2S. The summed E-state index contributed by atoms with van der Waals surface area (Å²) in [6, 6.07) is 4.90. The van der Waals surface area contributed by atoms with E-state index in [4.69, 9.17) is 0 Å². The number of nitrogens with one attached hydrogen (secondary N) is 1. The fourth-order valence-electron chi connectivity index (χ4n) is 0.957. The van der Waals surface area contributed by atoms with Gasteiger partial charge in [-0.25, -0.2) is 13.1 Å². The zero-order valence-corrected chi connectivity index (χ0v) is 11.4. The number of halogens is 2. The SMILES string of the molecule is CCNS(=O)(=O)c1cc(Br)cc(Br)c1. The Balaban J connectivity index is 3.19. The molecule has 0 saturated carbocycles. The zero-order chi connectivity index (χ0) is 10.8. The molecule has 0 spiro atoms. The molecular weight excluding hydrogens is 334 g/mol. The van der Waals surface area contributed by atoms with Crippen LogP contribution in [0.25, 0.3) is 0 Å². The van der Waals surface area contributed by atoms with Gasteiger partial charge in [-0.05, 0) is 18.2 Å². The molecule has 14 heavy (non-hydrogen) atoms. The number of benzene rings is 1.